The second kappa shape index (κ2) is 7.04. The smallest absolute Gasteiger partial charge is 0.251 e. The summed E-state index contributed by atoms with van der Waals surface area (Å²) < 4.78 is 0. The van der Waals surface area contributed by atoms with Gasteiger partial charge in [-0.1, -0.05) is 48.0 Å². The first-order chi connectivity index (χ1) is 10.1. The van der Waals surface area contributed by atoms with Gasteiger partial charge in [0, 0.05) is 18.5 Å². The summed E-state index contributed by atoms with van der Waals surface area (Å²) in [6.45, 7) is 4.12. The van der Waals surface area contributed by atoms with Crippen molar-refractivity contribution in [3.05, 3.63) is 70.8 Å². The zero-order chi connectivity index (χ0) is 15.2. The molecule has 110 valence electrons. The number of benzene rings is 2. The number of carbonyl (C=O) groups excluding carboxylic acids is 1. The Balaban J connectivity index is 1.90. The first-order valence-electron chi connectivity index (χ1n) is 7.13. The van der Waals surface area contributed by atoms with Crippen molar-refractivity contribution in [1.29, 1.82) is 0 Å². The molecule has 0 heterocycles. The van der Waals surface area contributed by atoms with E-state index in [1.807, 2.05) is 62.4 Å². The molecule has 21 heavy (non-hydrogen) atoms. The maximum absolute atomic E-state index is 12.2. The van der Waals surface area contributed by atoms with Gasteiger partial charge in [-0.15, -0.1) is 0 Å². The number of aliphatic hydroxyl groups is 1. The van der Waals surface area contributed by atoms with Crippen molar-refractivity contribution >= 4 is 5.91 Å². The molecule has 3 heteroatoms. The third kappa shape index (κ3) is 4.43. The SMILES string of the molecule is Cc1ccc(C)c(C(=O)NCC(O)Cc2ccccc2)c1. The highest BCUT2D eigenvalue weighted by Crippen LogP contribution is 2.10. The Labute approximate surface area is 125 Å². The summed E-state index contributed by atoms with van der Waals surface area (Å²) in [6.07, 6.45) is -0.0463. The Hall–Kier alpha value is -2.13. The Morgan fingerprint density at radius 3 is 2.57 bits per heavy atom. The molecule has 0 aromatic heterocycles. The molecule has 0 fully saturated rings. The third-order valence-corrected chi connectivity index (χ3v) is 3.45. The third-order valence-electron chi connectivity index (χ3n) is 3.45. The Morgan fingerprint density at radius 2 is 1.86 bits per heavy atom. The number of hydrogen-bond donors (Lipinski definition) is 2. The van der Waals surface area contributed by atoms with Crippen LogP contribution in [0.3, 0.4) is 0 Å². The molecular weight excluding hydrogens is 262 g/mol. The normalized spacial score (nSPS) is 12.0. The second-order valence-electron chi connectivity index (χ2n) is 5.37. The quantitative estimate of drug-likeness (QED) is 0.886. The van der Waals surface area contributed by atoms with Crippen LogP contribution in [0.25, 0.3) is 0 Å². The number of hydrogen-bond acceptors (Lipinski definition) is 2. The van der Waals surface area contributed by atoms with E-state index in [4.69, 9.17) is 0 Å². The summed E-state index contributed by atoms with van der Waals surface area (Å²) in [5, 5.41) is 12.8. The van der Waals surface area contributed by atoms with Crippen LogP contribution in [0.4, 0.5) is 0 Å². The van der Waals surface area contributed by atoms with Crippen LogP contribution in [0.15, 0.2) is 48.5 Å². The van der Waals surface area contributed by atoms with E-state index in [9.17, 15) is 9.90 Å². The van der Waals surface area contributed by atoms with E-state index >= 15 is 0 Å². The van der Waals surface area contributed by atoms with E-state index in [1.54, 1.807) is 0 Å². The fraction of sp³-hybridized carbons (Fsp3) is 0.278. The molecule has 1 atom stereocenters. The summed E-state index contributed by atoms with van der Waals surface area (Å²) >= 11 is 0. The fourth-order valence-electron chi connectivity index (χ4n) is 2.24. The van der Waals surface area contributed by atoms with E-state index in [1.165, 1.54) is 0 Å². The molecule has 0 aliphatic heterocycles. The van der Waals surface area contributed by atoms with Gasteiger partial charge in [-0.2, -0.15) is 0 Å². The molecule has 2 rings (SSSR count). The summed E-state index contributed by atoms with van der Waals surface area (Å²) in [7, 11) is 0. The van der Waals surface area contributed by atoms with Gasteiger partial charge >= 0.3 is 0 Å². The van der Waals surface area contributed by atoms with E-state index in [0.717, 1.165) is 16.7 Å². The van der Waals surface area contributed by atoms with Gasteiger partial charge in [-0.05, 0) is 31.0 Å². The highest BCUT2D eigenvalue weighted by molar-refractivity contribution is 5.95. The monoisotopic (exact) mass is 283 g/mol. The standard InChI is InChI=1S/C18H21NO2/c1-13-8-9-14(2)17(10-13)18(21)19-12-16(20)11-15-6-4-3-5-7-15/h3-10,16,20H,11-12H2,1-2H3,(H,19,21). The van der Waals surface area contributed by atoms with Crippen LogP contribution in [0, 0.1) is 13.8 Å². The predicted octanol–water partition coefficient (Wildman–Crippen LogP) is 2.64. The van der Waals surface area contributed by atoms with Crippen LogP contribution in [-0.2, 0) is 6.42 Å². The molecule has 0 radical (unpaired) electrons. The van der Waals surface area contributed by atoms with Crippen LogP contribution in [0.2, 0.25) is 0 Å². The maximum Gasteiger partial charge on any atom is 0.251 e. The molecule has 0 saturated heterocycles. The minimum Gasteiger partial charge on any atom is -0.391 e. The molecule has 3 nitrogen and oxygen atoms in total. The lowest BCUT2D eigenvalue weighted by Crippen LogP contribution is -2.33. The van der Waals surface area contributed by atoms with E-state index < -0.39 is 6.10 Å². The molecule has 0 saturated carbocycles. The second-order valence-corrected chi connectivity index (χ2v) is 5.37. The number of carbonyl (C=O) groups is 1. The van der Waals surface area contributed by atoms with Crippen molar-refractivity contribution in [3.8, 4) is 0 Å². The molecule has 1 amide bonds. The number of aryl methyl sites for hydroxylation is 2. The summed E-state index contributed by atoms with van der Waals surface area (Å²) in [6, 6.07) is 15.5. The molecule has 0 aliphatic rings. The van der Waals surface area contributed by atoms with Crippen molar-refractivity contribution in [1.82, 2.24) is 5.32 Å². The van der Waals surface area contributed by atoms with Gasteiger partial charge in [0.05, 0.1) is 6.10 Å². The van der Waals surface area contributed by atoms with E-state index in [2.05, 4.69) is 5.32 Å². The van der Waals surface area contributed by atoms with Crippen molar-refractivity contribution in [2.75, 3.05) is 6.54 Å². The van der Waals surface area contributed by atoms with Gasteiger partial charge in [-0.3, -0.25) is 4.79 Å². The predicted molar refractivity (Wildman–Crippen MR) is 84.4 cm³/mol. The first-order valence-corrected chi connectivity index (χ1v) is 7.13. The minimum absolute atomic E-state index is 0.136. The number of rotatable bonds is 5. The van der Waals surface area contributed by atoms with Crippen LogP contribution >= 0.6 is 0 Å². The highest BCUT2D eigenvalue weighted by atomic mass is 16.3. The Bertz CT molecular complexity index is 608. The molecule has 2 N–H and O–H groups in total. The molecule has 2 aromatic rings. The highest BCUT2D eigenvalue weighted by Gasteiger charge is 2.11. The number of aliphatic hydroxyl groups excluding tert-OH is 1. The largest absolute Gasteiger partial charge is 0.391 e. The Morgan fingerprint density at radius 1 is 1.14 bits per heavy atom. The van der Waals surface area contributed by atoms with Gasteiger partial charge in [0.25, 0.3) is 5.91 Å². The zero-order valence-electron chi connectivity index (χ0n) is 12.5. The number of nitrogens with one attached hydrogen (secondary N) is 1. The van der Waals surface area contributed by atoms with E-state index in [0.29, 0.717) is 12.0 Å². The molecule has 0 spiro atoms. The van der Waals surface area contributed by atoms with Gasteiger partial charge in [-0.25, -0.2) is 0 Å². The first kappa shape index (κ1) is 15.3. The summed E-state index contributed by atoms with van der Waals surface area (Å²) in [4.78, 5) is 12.2. The van der Waals surface area contributed by atoms with Gasteiger partial charge in [0.15, 0.2) is 0 Å². The van der Waals surface area contributed by atoms with Crippen LogP contribution < -0.4 is 5.32 Å². The van der Waals surface area contributed by atoms with Crippen molar-refractivity contribution in [2.45, 2.75) is 26.4 Å². The lowest BCUT2D eigenvalue weighted by Gasteiger charge is -2.13. The summed E-state index contributed by atoms with van der Waals surface area (Å²) in [5.74, 6) is -0.136. The average molecular weight is 283 g/mol. The zero-order valence-corrected chi connectivity index (χ0v) is 12.5. The van der Waals surface area contributed by atoms with Gasteiger partial charge in [0.1, 0.15) is 0 Å². The molecule has 1 unspecified atom stereocenters. The van der Waals surface area contributed by atoms with Gasteiger partial charge in [0.2, 0.25) is 0 Å². The van der Waals surface area contributed by atoms with E-state index in [-0.39, 0.29) is 12.5 Å². The van der Waals surface area contributed by atoms with Crippen LogP contribution in [-0.4, -0.2) is 23.7 Å². The van der Waals surface area contributed by atoms with Crippen LogP contribution in [0.5, 0.6) is 0 Å². The number of amides is 1. The van der Waals surface area contributed by atoms with Gasteiger partial charge < -0.3 is 10.4 Å². The fourth-order valence-corrected chi connectivity index (χ4v) is 2.24. The maximum atomic E-state index is 12.2. The van der Waals surface area contributed by atoms with Crippen molar-refractivity contribution in [3.63, 3.8) is 0 Å². The van der Waals surface area contributed by atoms with Crippen LogP contribution in [0.1, 0.15) is 27.0 Å². The molecule has 0 bridgehead atoms. The molecule has 2 aromatic carbocycles. The lowest BCUT2D eigenvalue weighted by molar-refractivity contribution is 0.0915. The minimum atomic E-state index is -0.582. The lowest BCUT2D eigenvalue weighted by atomic mass is 10.0. The Kier molecular flexibility index (Phi) is 5.12. The topological polar surface area (TPSA) is 49.3 Å². The average Bonchev–Trinajstić information content (AvgIpc) is 2.48. The molecule has 0 aliphatic carbocycles. The molecular formula is C18H21NO2. The summed E-state index contributed by atoms with van der Waals surface area (Å²) in [5.41, 5.74) is 3.72. The van der Waals surface area contributed by atoms with Crippen molar-refractivity contribution < 1.29 is 9.90 Å². The van der Waals surface area contributed by atoms with Crippen molar-refractivity contribution in [2.24, 2.45) is 0 Å².